The molecular weight excluding hydrogens is 1070 g/mol. The van der Waals surface area contributed by atoms with Gasteiger partial charge in [-0.25, -0.2) is 33.7 Å². The van der Waals surface area contributed by atoms with Gasteiger partial charge in [0.1, 0.15) is 40.0 Å². The molecule has 0 N–H and O–H groups in total. The second-order valence-corrected chi connectivity index (χ2v) is 21.7. The van der Waals surface area contributed by atoms with Crippen molar-refractivity contribution >= 4 is 47.0 Å². The van der Waals surface area contributed by atoms with Gasteiger partial charge in [0.25, 0.3) is 0 Å². The topological polar surface area (TPSA) is 192 Å². The Morgan fingerprint density at radius 3 is 1.13 bits per heavy atom. The van der Waals surface area contributed by atoms with E-state index in [9.17, 15) is 18.8 Å². The Kier molecular flexibility index (Phi) is 21.9. The number of nitrogens with zero attached hydrogens (tertiary/aromatic N) is 14. The molecule has 3 aliphatic heterocycles. The summed E-state index contributed by atoms with van der Waals surface area (Å²) in [5.74, 6) is 0.697. The number of piperazine rings is 3. The molecule has 0 radical (unpaired) electrons. The van der Waals surface area contributed by atoms with Crippen molar-refractivity contribution in [2.45, 2.75) is 99.5 Å². The smallest absolute Gasteiger partial charge is 0.342 e. The van der Waals surface area contributed by atoms with Gasteiger partial charge in [-0.15, -0.1) is 0 Å². The highest BCUT2D eigenvalue weighted by molar-refractivity contribution is 6.31. The quantitative estimate of drug-likeness (QED) is 0.0535. The molecule has 0 amide bonds. The first-order valence-corrected chi connectivity index (χ1v) is 28.6. The van der Waals surface area contributed by atoms with Crippen LogP contribution in [0, 0.1) is 5.82 Å². The Morgan fingerprint density at radius 1 is 0.488 bits per heavy atom. The largest absolute Gasteiger partial charge is 0.459 e. The zero-order valence-electron chi connectivity index (χ0n) is 48.2. The number of halogens is 2. The lowest BCUT2D eigenvalue weighted by atomic mass is 10.2. The Balaban J connectivity index is 0.000000217. The fourth-order valence-corrected chi connectivity index (χ4v) is 10.0. The molecule has 0 spiro atoms. The predicted molar refractivity (Wildman–Crippen MR) is 312 cm³/mol. The number of hydrogen-bond acceptors (Lipinski definition) is 20. The molecule has 0 atom stereocenters. The standard InChI is InChI=1S/C32H42N8O4.C28H34ClFN6O2/c1-23(2)43-31(41)27-7-5-9-33-29(27)39-15-11-37(12-16-39)21-25-19-36-26(20-35-25)22-38-13-17-40(18-14-38)30-28(8-6-10-34-30)32(42)44-24(3)4;1-4-34(19-24-25(29)8-5-9-26(24)30)17-21-15-33-22(16-32-21)18-35-11-13-36(14-12-35)27-23(7-6-10-31-27)28(37)38-20(2)3/h5-10,19-20,23-24H,11-18,21-22H2,1-4H3;5-10,15-16,20H,4,11-14,17-19H2,1-3H3. The highest BCUT2D eigenvalue weighted by atomic mass is 35.5. The van der Waals surface area contributed by atoms with Gasteiger partial charge in [0.2, 0.25) is 0 Å². The fraction of sp³-hybridized carbons (Fsp3) is 0.467. The van der Waals surface area contributed by atoms with E-state index in [2.05, 4.69) is 59.2 Å². The molecule has 1 aromatic carbocycles. The van der Waals surface area contributed by atoms with E-state index in [-0.39, 0.29) is 42.0 Å². The van der Waals surface area contributed by atoms with E-state index in [1.807, 2.05) is 67.1 Å². The summed E-state index contributed by atoms with van der Waals surface area (Å²) in [6.07, 6.45) is 11.9. The summed E-state index contributed by atoms with van der Waals surface area (Å²) >= 11 is 6.20. The van der Waals surface area contributed by atoms with Gasteiger partial charge >= 0.3 is 17.9 Å². The second-order valence-electron chi connectivity index (χ2n) is 21.3. The second kappa shape index (κ2) is 29.6. The number of ether oxygens (including phenoxy) is 3. The minimum absolute atomic E-state index is 0.181. The molecule has 0 bridgehead atoms. The Labute approximate surface area is 485 Å². The van der Waals surface area contributed by atoms with Crippen LogP contribution in [0.3, 0.4) is 0 Å². The van der Waals surface area contributed by atoms with Gasteiger partial charge in [-0.1, -0.05) is 24.6 Å². The van der Waals surface area contributed by atoms with Crippen molar-refractivity contribution in [1.29, 1.82) is 0 Å². The third-order valence-electron chi connectivity index (χ3n) is 14.0. The molecule has 436 valence electrons. The summed E-state index contributed by atoms with van der Waals surface area (Å²) in [6.45, 7) is 26.4. The van der Waals surface area contributed by atoms with Gasteiger partial charge in [-0.3, -0.25) is 39.5 Å². The summed E-state index contributed by atoms with van der Waals surface area (Å²) in [5.41, 5.74) is 5.58. The molecule has 0 unspecified atom stereocenters. The SMILES string of the molecule is CC(C)OC(=O)c1cccnc1N1CCN(Cc2cnc(CN3CCN(c4ncccc4C(=O)OC(C)C)CC3)cn2)CC1.CCN(Cc1cnc(CN2CCN(c3ncccc3C(=O)OC(C)C)CC2)cn1)Cc1c(F)cccc1Cl. The maximum atomic E-state index is 14.2. The first-order valence-electron chi connectivity index (χ1n) is 28.2. The van der Waals surface area contributed by atoms with Gasteiger partial charge in [0.15, 0.2) is 0 Å². The van der Waals surface area contributed by atoms with E-state index in [1.165, 1.54) is 6.07 Å². The number of hydrogen-bond donors (Lipinski definition) is 0. The average Bonchev–Trinajstić information content (AvgIpc) is 3.56. The van der Waals surface area contributed by atoms with E-state index >= 15 is 0 Å². The highest BCUT2D eigenvalue weighted by Crippen LogP contribution is 2.26. The van der Waals surface area contributed by atoms with Crippen LogP contribution in [-0.4, -0.2) is 176 Å². The Bertz CT molecular complexity index is 2900. The van der Waals surface area contributed by atoms with E-state index in [4.69, 9.17) is 35.8 Å². The Hall–Kier alpha value is -7.30. The minimum Gasteiger partial charge on any atom is -0.459 e. The first-order chi connectivity index (χ1) is 39.6. The lowest BCUT2D eigenvalue weighted by molar-refractivity contribution is 0.0367. The van der Waals surface area contributed by atoms with Crippen molar-refractivity contribution < 1.29 is 33.0 Å². The van der Waals surface area contributed by atoms with E-state index in [0.717, 1.165) is 121 Å². The molecule has 9 rings (SSSR count). The number of rotatable bonds is 20. The van der Waals surface area contributed by atoms with E-state index < -0.39 is 0 Å². The van der Waals surface area contributed by atoms with E-state index in [1.54, 1.807) is 73.3 Å². The average molecular weight is 1140 g/mol. The highest BCUT2D eigenvalue weighted by Gasteiger charge is 2.28. The van der Waals surface area contributed by atoms with Crippen molar-refractivity contribution in [3.63, 3.8) is 0 Å². The lowest BCUT2D eigenvalue weighted by Gasteiger charge is -2.36. The number of pyridine rings is 3. The van der Waals surface area contributed by atoms with Gasteiger partial charge in [-0.2, -0.15) is 0 Å². The molecular formula is C60H76ClFN14O6. The van der Waals surface area contributed by atoms with Crippen LogP contribution in [-0.2, 0) is 46.9 Å². The van der Waals surface area contributed by atoms with Crippen molar-refractivity contribution in [3.05, 3.63) is 154 Å². The van der Waals surface area contributed by atoms with Crippen LogP contribution in [0.15, 0.2) is 98.0 Å². The summed E-state index contributed by atoms with van der Waals surface area (Å²) in [4.78, 5) is 85.3. The molecule has 82 heavy (non-hydrogen) atoms. The molecule has 3 saturated heterocycles. The van der Waals surface area contributed by atoms with Crippen LogP contribution in [0.2, 0.25) is 5.02 Å². The normalized spacial score (nSPS) is 15.5. The van der Waals surface area contributed by atoms with Gasteiger partial charge < -0.3 is 28.9 Å². The molecule has 3 fully saturated rings. The van der Waals surface area contributed by atoms with Crippen molar-refractivity contribution in [2.75, 3.05) is 99.8 Å². The van der Waals surface area contributed by atoms with Crippen LogP contribution < -0.4 is 14.7 Å². The molecule has 0 aliphatic carbocycles. The predicted octanol–water partition coefficient (Wildman–Crippen LogP) is 7.62. The van der Waals surface area contributed by atoms with Crippen LogP contribution in [0.5, 0.6) is 0 Å². The summed E-state index contributed by atoms with van der Waals surface area (Å²) in [6, 6.07) is 15.4. The fourth-order valence-electron chi connectivity index (χ4n) is 9.80. The van der Waals surface area contributed by atoms with Crippen molar-refractivity contribution in [2.24, 2.45) is 0 Å². The molecule has 0 saturated carbocycles. The van der Waals surface area contributed by atoms with Crippen molar-refractivity contribution in [1.82, 2.24) is 54.5 Å². The van der Waals surface area contributed by atoms with E-state index in [0.29, 0.717) is 64.4 Å². The Morgan fingerprint density at radius 2 is 0.829 bits per heavy atom. The lowest BCUT2D eigenvalue weighted by Crippen LogP contribution is -2.47. The molecule has 5 aromatic heterocycles. The monoisotopic (exact) mass is 1140 g/mol. The molecule has 3 aliphatic rings. The van der Waals surface area contributed by atoms with Crippen LogP contribution in [0.25, 0.3) is 0 Å². The molecule has 6 aromatic rings. The summed E-state index contributed by atoms with van der Waals surface area (Å²) < 4.78 is 30.4. The molecule has 8 heterocycles. The van der Waals surface area contributed by atoms with Gasteiger partial charge in [-0.05, 0) is 96.6 Å². The van der Waals surface area contributed by atoms with Crippen LogP contribution in [0.4, 0.5) is 21.8 Å². The van der Waals surface area contributed by atoms with Crippen molar-refractivity contribution in [3.8, 4) is 0 Å². The zero-order chi connectivity index (χ0) is 58.1. The van der Waals surface area contributed by atoms with Gasteiger partial charge in [0, 0.05) is 140 Å². The first kappa shape index (κ1) is 60.8. The third kappa shape index (κ3) is 17.1. The summed E-state index contributed by atoms with van der Waals surface area (Å²) in [7, 11) is 0. The van der Waals surface area contributed by atoms with Gasteiger partial charge in [0.05, 0.1) is 65.9 Å². The number of aromatic nitrogens is 7. The molecule has 20 nitrogen and oxygen atoms in total. The number of esters is 3. The minimum atomic E-state index is -0.348. The number of carbonyl (C=O) groups excluding carboxylic acids is 3. The van der Waals surface area contributed by atoms with Crippen LogP contribution >= 0.6 is 11.6 Å². The third-order valence-corrected chi connectivity index (χ3v) is 14.4. The molecule has 22 heteroatoms. The number of anilines is 3. The number of benzene rings is 1. The maximum absolute atomic E-state index is 14.2. The maximum Gasteiger partial charge on any atom is 0.342 e. The zero-order valence-corrected chi connectivity index (χ0v) is 48.9. The number of carbonyl (C=O) groups is 3. The van der Waals surface area contributed by atoms with Crippen LogP contribution in [0.1, 0.15) is 108 Å². The summed E-state index contributed by atoms with van der Waals surface area (Å²) in [5, 5.41) is 0.430.